The molecule has 0 spiro atoms. The molecule has 1 unspecified atom stereocenters. The van der Waals surface area contributed by atoms with Crippen LogP contribution in [0.4, 0.5) is 4.79 Å². The van der Waals surface area contributed by atoms with Crippen LogP contribution in [0, 0.1) is 0 Å². The second-order valence-electron chi connectivity index (χ2n) is 7.40. The number of methoxy groups -OCH3 is 2. The molecule has 3 aromatic rings. The topological polar surface area (TPSA) is 126 Å². The van der Waals surface area contributed by atoms with Crippen LogP contribution in [-0.2, 0) is 9.53 Å². The van der Waals surface area contributed by atoms with Gasteiger partial charge in [-0.05, 0) is 42.0 Å². The minimum atomic E-state index is -0.809. The molecule has 0 fully saturated rings. The lowest BCUT2D eigenvalue weighted by Crippen LogP contribution is -2.34. The normalized spacial score (nSPS) is 11.1. The van der Waals surface area contributed by atoms with Crippen LogP contribution < -0.4 is 25.3 Å². The molecule has 2 amide bonds. The van der Waals surface area contributed by atoms with E-state index >= 15 is 0 Å². The van der Waals surface area contributed by atoms with E-state index in [9.17, 15) is 14.4 Å². The first kappa shape index (κ1) is 25.1. The van der Waals surface area contributed by atoms with Gasteiger partial charge in [-0.15, -0.1) is 0 Å². The Morgan fingerprint density at radius 1 is 0.857 bits per heavy atom. The summed E-state index contributed by atoms with van der Waals surface area (Å²) in [4.78, 5) is 36.7. The van der Waals surface area contributed by atoms with E-state index in [4.69, 9.17) is 24.7 Å². The monoisotopic (exact) mass is 478 g/mol. The highest BCUT2D eigenvalue weighted by molar-refractivity contribution is 6.00. The Morgan fingerprint density at radius 2 is 1.60 bits per heavy atom. The Kier molecular flexibility index (Phi) is 8.66. The van der Waals surface area contributed by atoms with E-state index in [1.807, 2.05) is 18.2 Å². The third-order valence-corrected chi connectivity index (χ3v) is 5.00. The van der Waals surface area contributed by atoms with Crippen molar-refractivity contribution in [1.82, 2.24) is 5.32 Å². The average Bonchev–Trinajstić information content (AvgIpc) is 2.87. The van der Waals surface area contributed by atoms with Gasteiger partial charge in [0.05, 0.1) is 32.2 Å². The number of primary amides is 1. The molecule has 0 aliphatic heterocycles. The number of hydrogen-bond acceptors (Lipinski definition) is 7. The van der Waals surface area contributed by atoms with Crippen molar-refractivity contribution in [2.75, 3.05) is 20.8 Å². The zero-order valence-electron chi connectivity index (χ0n) is 19.4. The van der Waals surface area contributed by atoms with E-state index < -0.39 is 30.4 Å². The smallest absolute Gasteiger partial charge is 0.312 e. The highest BCUT2D eigenvalue weighted by Gasteiger charge is 2.21. The van der Waals surface area contributed by atoms with Gasteiger partial charge in [0.1, 0.15) is 23.0 Å². The second kappa shape index (κ2) is 12.1. The van der Waals surface area contributed by atoms with Crippen molar-refractivity contribution in [3.8, 4) is 23.0 Å². The minimum Gasteiger partial charge on any atom is -0.497 e. The average molecular weight is 479 g/mol. The van der Waals surface area contributed by atoms with Gasteiger partial charge in [-0.25, -0.2) is 4.79 Å². The number of nitrogens with one attached hydrogen (secondary N) is 1. The molecule has 0 radical (unpaired) electrons. The SMILES string of the molecule is COc1ccc(C(=O)COC(=O)CC(NC(N)=O)c2cccc(Oc3ccccc3)c2)c(OC)c1. The van der Waals surface area contributed by atoms with Crippen LogP contribution in [-0.4, -0.2) is 38.6 Å². The van der Waals surface area contributed by atoms with E-state index in [0.29, 0.717) is 28.6 Å². The first-order valence-corrected chi connectivity index (χ1v) is 10.7. The molecule has 0 saturated carbocycles. The molecule has 9 nitrogen and oxygen atoms in total. The van der Waals surface area contributed by atoms with Gasteiger partial charge in [0.15, 0.2) is 6.61 Å². The van der Waals surface area contributed by atoms with Crippen LogP contribution in [0.15, 0.2) is 72.8 Å². The molecule has 35 heavy (non-hydrogen) atoms. The maximum atomic E-state index is 12.6. The van der Waals surface area contributed by atoms with E-state index in [2.05, 4.69) is 5.32 Å². The van der Waals surface area contributed by atoms with Gasteiger partial charge < -0.3 is 30.0 Å². The highest BCUT2D eigenvalue weighted by atomic mass is 16.5. The number of hydrogen-bond donors (Lipinski definition) is 2. The van der Waals surface area contributed by atoms with Crippen molar-refractivity contribution < 1.29 is 33.3 Å². The summed E-state index contributed by atoms with van der Waals surface area (Å²) in [7, 11) is 2.92. The first-order chi connectivity index (χ1) is 16.9. The molecule has 0 heterocycles. The first-order valence-electron chi connectivity index (χ1n) is 10.7. The lowest BCUT2D eigenvalue weighted by molar-refractivity contribution is -0.143. The third kappa shape index (κ3) is 7.23. The van der Waals surface area contributed by atoms with Crippen LogP contribution in [0.1, 0.15) is 28.4 Å². The van der Waals surface area contributed by atoms with Crippen molar-refractivity contribution in [3.05, 3.63) is 83.9 Å². The van der Waals surface area contributed by atoms with Gasteiger partial charge in [0, 0.05) is 6.07 Å². The van der Waals surface area contributed by atoms with Gasteiger partial charge in [0.25, 0.3) is 0 Å². The van der Waals surface area contributed by atoms with Crippen LogP contribution in [0.25, 0.3) is 0 Å². The molecule has 1 atom stereocenters. The fourth-order valence-corrected chi connectivity index (χ4v) is 3.32. The van der Waals surface area contributed by atoms with Gasteiger partial charge in [-0.2, -0.15) is 0 Å². The zero-order chi connectivity index (χ0) is 25.2. The molecule has 182 valence electrons. The highest BCUT2D eigenvalue weighted by Crippen LogP contribution is 2.27. The number of Topliss-reactive ketones (excluding diaryl/α,β-unsaturated/α-hetero) is 1. The number of rotatable bonds is 11. The molecule has 3 rings (SSSR count). The van der Waals surface area contributed by atoms with Crippen molar-refractivity contribution in [3.63, 3.8) is 0 Å². The van der Waals surface area contributed by atoms with Crippen molar-refractivity contribution >= 4 is 17.8 Å². The summed E-state index contributed by atoms with van der Waals surface area (Å²) in [5.41, 5.74) is 6.14. The Hall–Kier alpha value is -4.53. The predicted octanol–water partition coefficient (Wildman–Crippen LogP) is 4.02. The Bertz CT molecular complexity index is 1180. The summed E-state index contributed by atoms with van der Waals surface area (Å²) < 4.78 is 21.3. The van der Waals surface area contributed by atoms with E-state index in [-0.39, 0.29) is 12.0 Å². The van der Waals surface area contributed by atoms with Gasteiger partial charge >= 0.3 is 12.0 Å². The Balaban J connectivity index is 1.67. The van der Waals surface area contributed by atoms with Crippen molar-refractivity contribution in [2.45, 2.75) is 12.5 Å². The Labute approximate surface area is 202 Å². The second-order valence-corrected chi connectivity index (χ2v) is 7.40. The van der Waals surface area contributed by atoms with Gasteiger partial charge in [0.2, 0.25) is 5.78 Å². The van der Waals surface area contributed by atoms with E-state index in [1.54, 1.807) is 48.5 Å². The van der Waals surface area contributed by atoms with Crippen LogP contribution in [0.2, 0.25) is 0 Å². The van der Waals surface area contributed by atoms with Gasteiger partial charge in [-0.3, -0.25) is 9.59 Å². The summed E-state index contributed by atoms with van der Waals surface area (Å²) >= 11 is 0. The van der Waals surface area contributed by atoms with Crippen LogP contribution in [0.5, 0.6) is 23.0 Å². The maximum absolute atomic E-state index is 12.6. The number of carbonyl (C=O) groups is 3. The molecule has 3 N–H and O–H groups in total. The third-order valence-electron chi connectivity index (χ3n) is 5.00. The summed E-state index contributed by atoms with van der Waals surface area (Å²) in [6, 6.07) is 19.2. The summed E-state index contributed by atoms with van der Waals surface area (Å²) in [5.74, 6) is 0.827. The number of esters is 1. The van der Waals surface area contributed by atoms with E-state index in [0.717, 1.165) is 0 Å². The largest absolute Gasteiger partial charge is 0.497 e. The molecular formula is C26H26N2O7. The fraction of sp³-hybridized carbons (Fsp3) is 0.192. The number of ketones is 1. The number of urea groups is 1. The summed E-state index contributed by atoms with van der Waals surface area (Å²) in [5, 5.41) is 2.53. The number of nitrogens with two attached hydrogens (primary N) is 1. The molecule has 0 bridgehead atoms. The van der Waals surface area contributed by atoms with Crippen molar-refractivity contribution in [2.24, 2.45) is 5.73 Å². The van der Waals surface area contributed by atoms with Crippen LogP contribution in [0.3, 0.4) is 0 Å². The number of benzene rings is 3. The molecule has 0 aliphatic rings. The number of para-hydroxylation sites is 1. The number of carbonyl (C=O) groups excluding carboxylic acids is 3. The molecule has 3 aromatic carbocycles. The quantitative estimate of drug-likeness (QED) is 0.315. The lowest BCUT2D eigenvalue weighted by atomic mass is 10.0. The zero-order valence-corrected chi connectivity index (χ0v) is 19.4. The molecule has 0 aromatic heterocycles. The molecule has 9 heteroatoms. The van der Waals surface area contributed by atoms with E-state index in [1.165, 1.54) is 20.3 Å². The standard InChI is InChI=1S/C26H26N2O7/c1-32-19-11-12-21(24(14-19)33-2)23(29)16-34-25(30)15-22(28-26(27)31)17-7-6-10-20(13-17)35-18-8-4-3-5-9-18/h3-14,22H,15-16H2,1-2H3,(H3,27,28,31). The summed E-state index contributed by atoms with van der Waals surface area (Å²) in [6.45, 7) is -0.498. The Morgan fingerprint density at radius 3 is 2.29 bits per heavy atom. The molecule has 0 saturated heterocycles. The maximum Gasteiger partial charge on any atom is 0.312 e. The molecular weight excluding hydrogens is 452 g/mol. The minimum absolute atomic E-state index is 0.245. The lowest BCUT2D eigenvalue weighted by Gasteiger charge is -2.18. The number of ether oxygens (including phenoxy) is 4. The number of amides is 2. The van der Waals surface area contributed by atoms with Crippen molar-refractivity contribution in [1.29, 1.82) is 0 Å². The molecule has 0 aliphatic carbocycles. The fourth-order valence-electron chi connectivity index (χ4n) is 3.32. The van der Waals surface area contributed by atoms with Crippen LogP contribution >= 0.6 is 0 Å². The van der Waals surface area contributed by atoms with Gasteiger partial charge in [-0.1, -0.05) is 30.3 Å². The predicted molar refractivity (Wildman–Crippen MR) is 128 cm³/mol. The summed E-state index contributed by atoms with van der Waals surface area (Å²) in [6.07, 6.45) is -0.245.